The van der Waals surface area contributed by atoms with Gasteiger partial charge < -0.3 is 15.4 Å². The van der Waals surface area contributed by atoms with Gasteiger partial charge in [0.05, 0.1) is 19.8 Å². The van der Waals surface area contributed by atoms with E-state index in [2.05, 4.69) is 40.7 Å². The Labute approximate surface area is 175 Å². The van der Waals surface area contributed by atoms with Crippen LogP contribution in [0.4, 0.5) is 0 Å². The zero-order chi connectivity index (χ0) is 17.3. The third kappa shape index (κ3) is 6.70. The van der Waals surface area contributed by atoms with E-state index in [4.69, 9.17) is 9.73 Å². The van der Waals surface area contributed by atoms with Crippen molar-refractivity contribution in [3.63, 3.8) is 0 Å². The molecule has 0 amide bonds. The molecule has 0 saturated carbocycles. The van der Waals surface area contributed by atoms with Crippen LogP contribution in [0.1, 0.15) is 36.5 Å². The topological polar surface area (TPSA) is 48.9 Å². The van der Waals surface area contributed by atoms with Gasteiger partial charge in [0.15, 0.2) is 5.96 Å². The maximum atomic E-state index is 5.39. The van der Waals surface area contributed by atoms with E-state index in [1.165, 1.54) is 36.0 Å². The number of halogens is 1. The Bertz CT molecular complexity index is 573. The molecule has 0 aromatic heterocycles. The highest BCUT2D eigenvalue weighted by atomic mass is 127. The van der Waals surface area contributed by atoms with Crippen LogP contribution in [0, 0.1) is 0 Å². The predicted molar refractivity (Wildman–Crippen MR) is 119 cm³/mol. The van der Waals surface area contributed by atoms with Crippen LogP contribution in [0.2, 0.25) is 0 Å². The molecule has 1 heterocycles. The van der Waals surface area contributed by atoms with E-state index in [1.54, 1.807) is 0 Å². The van der Waals surface area contributed by atoms with Gasteiger partial charge in [0.1, 0.15) is 0 Å². The summed E-state index contributed by atoms with van der Waals surface area (Å²) < 4.78 is 5.39. The number of aliphatic imine (C=N–C) groups is 1. The Kier molecular flexibility index (Phi) is 9.71. The van der Waals surface area contributed by atoms with Crippen molar-refractivity contribution in [3.8, 4) is 0 Å². The SMILES string of the molecule is CCNC(=NCc1ccc2c(c1)CCC2)NCCCN1CCOCC1.I. The Morgan fingerprint density at radius 3 is 2.77 bits per heavy atom. The van der Waals surface area contributed by atoms with Crippen molar-refractivity contribution in [2.24, 2.45) is 4.99 Å². The summed E-state index contributed by atoms with van der Waals surface area (Å²) in [6, 6.07) is 6.86. The zero-order valence-corrected chi connectivity index (χ0v) is 18.3. The molecule has 1 aromatic carbocycles. The van der Waals surface area contributed by atoms with Crippen LogP contribution < -0.4 is 10.6 Å². The highest BCUT2D eigenvalue weighted by molar-refractivity contribution is 14.0. The second kappa shape index (κ2) is 11.8. The molecule has 3 rings (SSSR count). The number of rotatable bonds is 7. The lowest BCUT2D eigenvalue weighted by Gasteiger charge is -2.26. The van der Waals surface area contributed by atoms with E-state index in [0.29, 0.717) is 0 Å². The monoisotopic (exact) mass is 472 g/mol. The molecule has 0 radical (unpaired) electrons. The van der Waals surface area contributed by atoms with Crippen LogP contribution in [-0.2, 0) is 24.1 Å². The number of nitrogens with zero attached hydrogens (tertiary/aromatic N) is 2. The summed E-state index contributed by atoms with van der Waals surface area (Å²) in [7, 11) is 0. The summed E-state index contributed by atoms with van der Waals surface area (Å²) in [5.41, 5.74) is 4.36. The largest absolute Gasteiger partial charge is 0.379 e. The van der Waals surface area contributed by atoms with Gasteiger partial charge in [0.2, 0.25) is 0 Å². The number of aryl methyl sites for hydroxylation is 2. The summed E-state index contributed by atoms with van der Waals surface area (Å²) >= 11 is 0. The quantitative estimate of drug-likeness (QED) is 0.277. The Morgan fingerprint density at radius 1 is 1.15 bits per heavy atom. The average molecular weight is 472 g/mol. The van der Waals surface area contributed by atoms with Crippen LogP contribution >= 0.6 is 24.0 Å². The fourth-order valence-electron chi connectivity index (χ4n) is 3.57. The Morgan fingerprint density at radius 2 is 1.96 bits per heavy atom. The Hall–Kier alpha value is -0.860. The normalized spacial score (nSPS) is 17.5. The molecular weight excluding hydrogens is 439 g/mol. The smallest absolute Gasteiger partial charge is 0.191 e. The second-order valence-electron chi connectivity index (χ2n) is 6.89. The molecule has 1 aliphatic carbocycles. The summed E-state index contributed by atoms with van der Waals surface area (Å²) in [6.07, 6.45) is 4.90. The number of fused-ring (bicyclic) bond motifs is 1. The molecule has 1 saturated heterocycles. The minimum Gasteiger partial charge on any atom is -0.379 e. The number of ether oxygens (including phenoxy) is 1. The number of hydrogen-bond donors (Lipinski definition) is 2. The lowest BCUT2D eigenvalue weighted by Crippen LogP contribution is -2.40. The number of guanidine groups is 1. The number of benzene rings is 1. The summed E-state index contributed by atoms with van der Waals surface area (Å²) in [5, 5.41) is 6.81. The molecule has 146 valence electrons. The fourth-order valence-corrected chi connectivity index (χ4v) is 3.57. The lowest BCUT2D eigenvalue weighted by atomic mass is 10.1. The third-order valence-corrected chi connectivity index (χ3v) is 4.97. The number of nitrogens with one attached hydrogen (secondary N) is 2. The molecule has 1 aliphatic heterocycles. The van der Waals surface area contributed by atoms with Crippen molar-refractivity contribution >= 4 is 29.9 Å². The number of morpholine rings is 1. The van der Waals surface area contributed by atoms with Crippen molar-refractivity contribution in [2.75, 3.05) is 45.9 Å². The molecule has 0 atom stereocenters. The first-order chi connectivity index (χ1) is 12.3. The lowest BCUT2D eigenvalue weighted by molar-refractivity contribution is 0.0376. The van der Waals surface area contributed by atoms with Gasteiger partial charge in [-0.15, -0.1) is 24.0 Å². The van der Waals surface area contributed by atoms with E-state index in [1.807, 2.05) is 0 Å². The van der Waals surface area contributed by atoms with E-state index in [0.717, 1.165) is 64.9 Å². The van der Waals surface area contributed by atoms with Crippen molar-refractivity contribution in [1.29, 1.82) is 0 Å². The molecule has 1 aromatic rings. The molecule has 0 bridgehead atoms. The van der Waals surface area contributed by atoms with Crippen LogP contribution in [0.25, 0.3) is 0 Å². The molecule has 2 N–H and O–H groups in total. The second-order valence-corrected chi connectivity index (χ2v) is 6.89. The van der Waals surface area contributed by atoms with Crippen LogP contribution in [-0.4, -0.2) is 56.8 Å². The molecule has 2 aliphatic rings. The maximum absolute atomic E-state index is 5.39. The van der Waals surface area contributed by atoms with Crippen molar-refractivity contribution in [2.45, 2.75) is 39.2 Å². The molecule has 0 spiro atoms. The highest BCUT2D eigenvalue weighted by Crippen LogP contribution is 2.23. The standard InChI is InChI=1S/C20H32N4O.HI/c1-2-21-20(22-9-4-10-24-11-13-25-14-12-24)23-16-17-7-8-18-5-3-6-19(18)15-17;/h7-8,15H,2-6,9-14,16H2,1H3,(H2,21,22,23);1H. The molecular formula is C20H33IN4O. The maximum Gasteiger partial charge on any atom is 0.191 e. The minimum atomic E-state index is 0. The van der Waals surface area contributed by atoms with Crippen LogP contribution in [0.5, 0.6) is 0 Å². The van der Waals surface area contributed by atoms with Gasteiger partial charge in [-0.2, -0.15) is 0 Å². The van der Waals surface area contributed by atoms with Crippen LogP contribution in [0.3, 0.4) is 0 Å². The Balaban J connectivity index is 0.00000243. The van der Waals surface area contributed by atoms with Gasteiger partial charge in [-0.25, -0.2) is 4.99 Å². The first-order valence-electron chi connectivity index (χ1n) is 9.78. The van der Waals surface area contributed by atoms with Gasteiger partial charge >= 0.3 is 0 Å². The summed E-state index contributed by atoms with van der Waals surface area (Å²) in [4.78, 5) is 7.23. The minimum absolute atomic E-state index is 0. The van der Waals surface area contributed by atoms with E-state index >= 15 is 0 Å². The van der Waals surface area contributed by atoms with Crippen LogP contribution in [0.15, 0.2) is 23.2 Å². The predicted octanol–water partition coefficient (Wildman–Crippen LogP) is 2.57. The first kappa shape index (κ1) is 21.4. The van der Waals surface area contributed by atoms with Crippen molar-refractivity contribution in [3.05, 3.63) is 34.9 Å². The molecule has 26 heavy (non-hydrogen) atoms. The van der Waals surface area contributed by atoms with Gasteiger partial charge in [-0.05, 0) is 55.8 Å². The average Bonchev–Trinajstić information content (AvgIpc) is 3.12. The summed E-state index contributed by atoms with van der Waals surface area (Å²) in [6.45, 7) is 9.69. The molecule has 5 nitrogen and oxygen atoms in total. The van der Waals surface area contributed by atoms with E-state index < -0.39 is 0 Å². The zero-order valence-electron chi connectivity index (χ0n) is 15.9. The third-order valence-electron chi connectivity index (χ3n) is 4.97. The molecule has 1 fully saturated rings. The highest BCUT2D eigenvalue weighted by Gasteiger charge is 2.11. The molecule has 0 unspecified atom stereocenters. The van der Waals surface area contributed by atoms with Crippen molar-refractivity contribution in [1.82, 2.24) is 15.5 Å². The molecule has 6 heteroatoms. The number of hydrogen-bond acceptors (Lipinski definition) is 3. The van der Waals surface area contributed by atoms with Gasteiger partial charge in [0.25, 0.3) is 0 Å². The van der Waals surface area contributed by atoms with Gasteiger partial charge in [0, 0.05) is 26.2 Å². The van der Waals surface area contributed by atoms with Gasteiger partial charge in [-0.1, -0.05) is 18.2 Å². The van der Waals surface area contributed by atoms with Crippen molar-refractivity contribution < 1.29 is 4.74 Å². The summed E-state index contributed by atoms with van der Waals surface area (Å²) in [5.74, 6) is 0.921. The van der Waals surface area contributed by atoms with E-state index in [9.17, 15) is 0 Å². The van der Waals surface area contributed by atoms with Gasteiger partial charge in [-0.3, -0.25) is 4.90 Å². The fraction of sp³-hybridized carbons (Fsp3) is 0.650. The van der Waals surface area contributed by atoms with E-state index in [-0.39, 0.29) is 24.0 Å². The first-order valence-corrected chi connectivity index (χ1v) is 9.78.